The monoisotopic (exact) mass is 323 g/mol. The Labute approximate surface area is 133 Å². The second kappa shape index (κ2) is 7.82. The molecule has 0 bridgehead atoms. The maximum atomic E-state index is 8.76. The lowest BCUT2D eigenvalue weighted by Crippen LogP contribution is -2.36. The molecule has 2 aromatic rings. The van der Waals surface area contributed by atoms with Crippen LogP contribution in [0.2, 0.25) is 0 Å². The third-order valence-electron chi connectivity index (χ3n) is 3.80. The minimum Gasteiger partial charge on any atom is -0.396 e. The summed E-state index contributed by atoms with van der Waals surface area (Å²) in [5.41, 5.74) is 1.01. The van der Waals surface area contributed by atoms with Crippen LogP contribution in [0.3, 0.4) is 0 Å². The minimum absolute atomic E-state index is 0.197. The molecule has 3 rings (SSSR count). The van der Waals surface area contributed by atoms with E-state index in [0.717, 1.165) is 31.5 Å². The van der Waals surface area contributed by atoms with Crippen LogP contribution in [0.1, 0.15) is 25.2 Å². The van der Waals surface area contributed by atoms with E-state index in [2.05, 4.69) is 15.0 Å². The molecule has 1 N–H and O–H groups in total. The van der Waals surface area contributed by atoms with Gasteiger partial charge in [-0.3, -0.25) is 4.90 Å². The van der Waals surface area contributed by atoms with Gasteiger partial charge in [-0.2, -0.15) is 16.3 Å². The molecule has 3 heterocycles. The first kappa shape index (κ1) is 15.6. The molecule has 0 spiro atoms. The maximum absolute atomic E-state index is 8.76. The Balaban J connectivity index is 1.45. The Morgan fingerprint density at radius 1 is 1.41 bits per heavy atom. The molecule has 1 saturated heterocycles. The fourth-order valence-corrected chi connectivity index (χ4v) is 3.20. The highest BCUT2D eigenvalue weighted by Gasteiger charge is 2.21. The van der Waals surface area contributed by atoms with Crippen molar-refractivity contribution in [2.24, 2.45) is 0 Å². The van der Waals surface area contributed by atoms with E-state index in [1.54, 1.807) is 11.3 Å². The van der Waals surface area contributed by atoms with E-state index >= 15 is 0 Å². The molecule has 0 radical (unpaired) electrons. The van der Waals surface area contributed by atoms with Gasteiger partial charge in [-0.25, -0.2) is 0 Å². The first-order valence-corrected chi connectivity index (χ1v) is 8.59. The molecule has 0 atom stereocenters. The van der Waals surface area contributed by atoms with Gasteiger partial charge in [0.05, 0.1) is 12.6 Å². The number of hydrogen-bond acceptors (Lipinski definition) is 7. The molecule has 1 aliphatic heterocycles. The van der Waals surface area contributed by atoms with Crippen LogP contribution in [-0.4, -0.2) is 52.6 Å². The molecule has 0 aromatic carbocycles. The molecule has 7 heteroatoms. The van der Waals surface area contributed by atoms with Crippen molar-refractivity contribution in [1.82, 2.24) is 15.0 Å². The van der Waals surface area contributed by atoms with E-state index in [1.807, 2.05) is 16.8 Å². The summed E-state index contributed by atoms with van der Waals surface area (Å²) in [7, 11) is 0. The average Bonchev–Trinajstić information content (AvgIpc) is 3.20. The summed E-state index contributed by atoms with van der Waals surface area (Å²) >= 11 is 1.63. The molecule has 0 unspecified atom stereocenters. The van der Waals surface area contributed by atoms with Crippen LogP contribution in [0, 0.1) is 0 Å². The molecule has 6 nitrogen and oxygen atoms in total. The number of nitrogens with zero attached hydrogens (tertiary/aromatic N) is 3. The van der Waals surface area contributed by atoms with Crippen molar-refractivity contribution in [3.63, 3.8) is 0 Å². The second-order valence-corrected chi connectivity index (χ2v) is 6.23. The number of aliphatic hydroxyl groups is 1. The number of hydrogen-bond donors (Lipinski definition) is 1. The lowest BCUT2D eigenvalue weighted by Gasteiger charge is -2.30. The van der Waals surface area contributed by atoms with E-state index in [1.165, 1.54) is 0 Å². The SMILES string of the molecule is OCCCOC1CCN(Cc2nc(-c3ccsc3)no2)CC1. The Hall–Kier alpha value is -1.28. The normalized spacial score (nSPS) is 17.1. The maximum Gasteiger partial charge on any atom is 0.241 e. The van der Waals surface area contributed by atoms with Gasteiger partial charge in [0, 0.05) is 37.2 Å². The number of thiophene rings is 1. The number of rotatable bonds is 7. The van der Waals surface area contributed by atoms with Crippen LogP contribution in [0.5, 0.6) is 0 Å². The summed E-state index contributed by atoms with van der Waals surface area (Å²) in [5, 5.41) is 16.8. The molecule has 0 saturated carbocycles. The summed E-state index contributed by atoms with van der Waals surface area (Å²) in [4.78, 5) is 6.77. The second-order valence-electron chi connectivity index (χ2n) is 5.45. The number of piperidine rings is 1. The largest absolute Gasteiger partial charge is 0.396 e. The Morgan fingerprint density at radius 2 is 2.27 bits per heavy atom. The Kier molecular flexibility index (Phi) is 5.55. The number of ether oxygens (including phenoxy) is 1. The minimum atomic E-state index is 0.197. The van der Waals surface area contributed by atoms with Gasteiger partial charge in [0.15, 0.2) is 0 Å². The third kappa shape index (κ3) is 4.13. The first-order valence-electron chi connectivity index (χ1n) is 7.65. The van der Waals surface area contributed by atoms with E-state index in [4.69, 9.17) is 14.4 Å². The summed E-state index contributed by atoms with van der Waals surface area (Å²) < 4.78 is 11.1. The summed E-state index contributed by atoms with van der Waals surface area (Å²) in [5.74, 6) is 1.33. The Bertz CT molecular complexity index is 550. The van der Waals surface area contributed by atoms with Gasteiger partial charge < -0.3 is 14.4 Å². The van der Waals surface area contributed by atoms with Crippen molar-refractivity contribution in [3.05, 3.63) is 22.7 Å². The summed E-state index contributed by atoms with van der Waals surface area (Å²) in [6.45, 7) is 3.48. The number of aromatic nitrogens is 2. The van der Waals surface area contributed by atoms with Crippen molar-refractivity contribution in [2.75, 3.05) is 26.3 Å². The molecule has 0 amide bonds. The fraction of sp³-hybridized carbons (Fsp3) is 0.600. The zero-order valence-corrected chi connectivity index (χ0v) is 13.3. The van der Waals surface area contributed by atoms with Crippen molar-refractivity contribution in [2.45, 2.75) is 31.9 Å². The smallest absolute Gasteiger partial charge is 0.241 e. The van der Waals surface area contributed by atoms with E-state index < -0.39 is 0 Å². The van der Waals surface area contributed by atoms with Crippen LogP contribution in [0.15, 0.2) is 21.3 Å². The van der Waals surface area contributed by atoms with E-state index in [0.29, 0.717) is 37.4 Å². The Morgan fingerprint density at radius 3 is 3.00 bits per heavy atom. The highest BCUT2D eigenvalue weighted by atomic mass is 32.1. The number of likely N-dealkylation sites (tertiary alicyclic amines) is 1. The van der Waals surface area contributed by atoms with Crippen molar-refractivity contribution >= 4 is 11.3 Å². The quantitative estimate of drug-likeness (QED) is 0.787. The fourth-order valence-electron chi connectivity index (χ4n) is 2.57. The van der Waals surface area contributed by atoms with Gasteiger partial charge in [-0.15, -0.1) is 0 Å². The molecular weight excluding hydrogens is 302 g/mol. The molecule has 22 heavy (non-hydrogen) atoms. The molecular formula is C15H21N3O3S. The van der Waals surface area contributed by atoms with Crippen LogP contribution < -0.4 is 0 Å². The third-order valence-corrected chi connectivity index (χ3v) is 4.48. The van der Waals surface area contributed by atoms with Crippen molar-refractivity contribution in [3.8, 4) is 11.4 Å². The highest BCUT2D eigenvalue weighted by Crippen LogP contribution is 2.20. The van der Waals surface area contributed by atoms with Crippen LogP contribution >= 0.6 is 11.3 Å². The summed E-state index contributed by atoms with van der Waals surface area (Å²) in [6.07, 6.45) is 3.05. The van der Waals surface area contributed by atoms with Gasteiger partial charge in [-0.1, -0.05) is 5.16 Å². The predicted molar refractivity (Wildman–Crippen MR) is 83.6 cm³/mol. The predicted octanol–water partition coefficient (Wildman–Crippen LogP) is 2.16. The van der Waals surface area contributed by atoms with E-state index in [9.17, 15) is 0 Å². The lowest BCUT2D eigenvalue weighted by molar-refractivity contribution is -0.000876. The average molecular weight is 323 g/mol. The van der Waals surface area contributed by atoms with Gasteiger partial charge in [-0.05, 0) is 30.7 Å². The highest BCUT2D eigenvalue weighted by molar-refractivity contribution is 7.08. The molecule has 1 fully saturated rings. The first-order chi connectivity index (χ1) is 10.8. The van der Waals surface area contributed by atoms with Crippen molar-refractivity contribution < 1.29 is 14.4 Å². The molecule has 1 aliphatic rings. The molecule has 2 aromatic heterocycles. The zero-order valence-electron chi connectivity index (χ0n) is 12.5. The van der Waals surface area contributed by atoms with Gasteiger partial charge in [0.1, 0.15) is 0 Å². The van der Waals surface area contributed by atoms with Crippen LogP contribution in [0.4, 0.5) is 0 Å². The zero-order chi connectivity index (χ0) is 15.2. The summed E-state index contributed by atoms with van der Waals surface area (Å²) in [6, 6.07) is 1.99. The van der Waals surface area contributed by atoms with Gasteiger partial charge >= 0.3 is 0 Å². The van der Waals surface area contributed by atoms with Gasteiger partial charge in [0.2, 0.25) is 11.7 Å². The topological polar surface area (TPSA) is 71.6 Å². The molecule has 0 aliphatic carbocycles. The van der Waals surface area contributed by atoms with Crippen molar-refractivity contribution in [1.29, 1.82) is 0 Å². The van der Waals surface area contributed by atoms with Gasteiger partial charge in [0.25, 0.3) is 0 Å². The molecule has 120 valence electrons. The number of aliphatic hydroxyl groups excluding tert-OH is 1. The van der Waals surface area contributed by atoms with E-state index in [-0.39, 0.29) is 6.61 Å². The standard InChI is InChI=1S/C15H21N3O3S/c19-7-1-8-20-13-2-5-18(6-3-13)10-14-16-15(17-21-14)12-4-9-22-11-12/h4,9,11,13,19H,1-3,5-8,10H2. The van der Waals surface area contributed by atoms with Crippen LogP contribution in [0.25, 0.3) is 11.4 Å². The lowest BCUT2D eigenvalue weighted by atomic mass is 10.1. The van der Waals surface area contributed by atoms with Crippen LogP contribution in [-0.2, 0) is 11.3 Å².